The Balaban J connectivity index is 5.47. The van der Waals surface area contributed by atoms with Crippen LogP contribution in [0.2, 0.25) is 0 Å². The molecule has 0 saturated heterocycles. The van der Waals surface area contributed by atoms with Crippen molar-refractivity contribution in [1.29, 1.82) is 0 Å². The maximum absolute atomic E-state index is 11.7. The molecule has 7 nitrogen and oxygen atoms in total. The van der Waals surface area contributed by atoms with Gasteiger partial charge in [-0.3, -0.25) is 9.36 Å². The number of nitrogens with zero attached hydrogens (tertiary/aromatic N) is 1. The van der Waals surface area contributed by atoms with E-state index in [1.807, 2.05) is 0 Å². The first kappa shape index (κ1) is 15.1. The second-order valence-corrected chi connectivity index (χ2v) is 5.47. The second-order valence-electron chi connectivity index (χ2n) is 3.52. The van der Waals surface area contributed by atoms with E-state index in [1.54, 1.807) is 6.92 Å². The van der Waals surface area contributed by atoms with Gasteiger partial charge in [0.25, 0.3) is 5.91 Å². The van der Waals surface area contributed by atoms with Crippen LogP contribution in [0.15, 0.2) is 4.99 Å². The molecule has 0 aliphatic carbocycles. The summed E-state index contributed by atoms with van der Waals surface area (Å²) in [6, 6.07) is 0. The van der Waals surface area contributed by atoms with Crippen LogP contribution >= 0.6 is 7.60 Å². The van der Waals surface area contributed by atoms with Gasteiger partial charge in [0, 0.05) is 0 Å². The third-order valence-corrected chi connectivity index (χ3v) is 4.28. The third kappa shape index (κ3) is 3.04. The van der Waals surface area contributed by atoms with Gasteiger partial charge >= 0.3 is 7.60 Å². The molecule has 1 atom stereocenters. The minimum atomic E-state index is -4.60. The molecule has 0 spiro atoms. The Hall–Kier alpha value is -0.910. The van der Waals surface area contributed by atoms with Crippen molar-refractivity contribution in [2.45, 2.75) is 38.3 Å². The van der Waals surface area contributed by atoms with Gasteiger partial charge in [-0.2, -0.15) is 4.99 Å². The number of hydrogen-bond donors (Lipinski definition) is 4. The van der Waals surface area contributed by atoms with Gasteiger partial charge in [0.05, 0.1) is 0 Å². The fourth-order valence-electron chi connectivity index (χ4n) is 1.55. The highest BCUT2D eigenvalue weighted by Crippen LogP contribution is 2.55. The molecule has 0 radical (unpaired) electrons. The van der Waals surface area contributed by atoms with Gasteiger partial charge in [-0.05, 0) is 12.8 Å². The summed E-state index contributed by atoms with van der Waals surface area (Å²) >= 11 is 0. The Morgan fingerprint density at radius 2 is 1.88 bits per heavy atom. The Kier molecular flexibility index (Phi) is 5.12. The predicted octanol–water partition coefficient (Wildman–Crippen LogP) is -0.0870. The fourth-order valence-corrected chi connectivity index (χ4v) is 2.77. The number of rotatable bonds is 5. The number of guanidine groups is 1. The summed E-state index contributed by atoms with van der Waals surface area (Å²) in [6.07, 6.45) is 0.481. The van der Waals surface area contributed by atoms with Crippen LogP contribution in [0.5, 0.6) is 0 Å². The van der Waals surface area contributed by atoms with E-state index in [0.717, 1.165) is 0 Å². The Morgan fingerprint density at radius 1 is 1.38 bits per heavy atom. The average molecular weight is 251 g/mol. The summed E-state index contributed by atoms with van der Waals surface area (Å²) in [6.45, 7) is 3.25. The van der Waals surface area contributed by atoms with Gasteiger partial charge in [-0.1, -0.05) is 20.3 Å². The summed E-state index contributed by atoms with van der Waals surface area (Å²) in [7, 11) is -4.60. The van der Waals surface area contributed by atoms with Crippen LogP contribution in [0, 0.1) is 0 Å². The molecule has 1 unspecified atom stereocenters. The summed E-state index contributed by atoms with van der Waals surface area (Å²) in [5.74, 6) is -1.45. The quantitative estimate of drug-likeness (QED) is 0.306. The smallest absolute Gasteiger partial charge is 0.341 e. The normalized spacial score (nSPS) is 15.2. The van der Waals surface area contributed by atoms with Crippen LogP contribution in [0.25, 0.3) is 0 Å². The standard InChI is InChI=1S/C8H18N3O4P/c1-3-5-8(4-2,16(13,14)15)6(12)11-7(9)10/h3-5H2,1-2H3,(H2,13,14,15)(H4,9,10,11,12). The molecule has 0 bridgehead atoms. The molecule has 0 aliphatic heterocycles. The molecule has 6 N–H and O–H groups in total. The Labute approximate surface area is 94.1 Å². The van der Waals surface area contributed by atoms with E-state index in [0.29, 0.717) is 6.42 Å². The molecule has 0 aromatic rings. The Morgan fingerprint density at radius 3 is 2.12 bits per heavy atom. The zero-order valence-corrected chi connectivity index (χ0v) is 10.3. The lowest BCUT2D eigenvalue weighted by molar-refractivity contribution is -0.121. The van der Waals surface area contributed by atoms with Gasteiger partial charge in [-0.15, -0.1) is 0 Å². The SMILES string of the molecule is CCCC(CC)(C(=O)N=C(N)N)P(=O)(O)O. The minimum Gasteiger partial charge on any atom is -0.370 e. The molecule has 1 amide bonds. The molecule has 0 saturated carbocycles. The van der Waals surface area contributed by atoms with Crippen molar-refractivity contribution in [1.82, 2.24) is 0 Å². The summed E-state index contributed by atoms with van der Waals surface area (Å²) < 4.78 is 11.4. The molecule has 0 aromatic carbocycles. The monoisotopic (exact) mass is 251 g/mol. The van der Waals surface area contributed by atoms with Crippen LogP contribution < -0.4 is 11.5 Å². The van der Waals surface area contributed by atoms with Crippen LogP contribution in [0.1, 0.15) is 33.1 Å². The molecular formula is C8H18N3O4P. The van der Waals surface area contributed by atoms with E-state index in [-0.39, 0.29) is 12.8 Å². The molecular weight excluding hydrogens is 233 g/mol. The van der Waals surface area contributed by atoms with E-state index < -0.39 is 24.6 Å². The number of hydrogen-bond acceptors (Lipinski definition) is 2. The van der Waals surface area contributed by atoms with Gasteiger partial charge < -0.3 is 21.3 Å². The lowest BCUT2D eigenvalue weighted by Crippen LogP contribution is -2.39. The third-order valence-electron chi connectivity index (χ3n) is 2.43. The molecule has 0 aliphatic rings. The number of aliphatic imine (C=N–C) groups is 1. The topological polar surface area (TPSA) is 139 Å². The zero-order chi connectivity index (χ0) is 13.0. The second kappa shape index (κ2) is 5.43. The van der Waals surface area contributed by atoms with Crippen molar-refractivity contribution in [2.75, 3.05) is 0 Å². The van der Waals surface area contributed by atoms with Crippen molar-refractivity contribution in [3.8, 4) is 0 Å². The van der Waals surface area contributed by atoms with Gasteiger partial charge in [0.15, 0.2) is 11.1 Å². The van der Waals surface area contributed by atoms with Crippen LogP contribution in [-0.4, -0.2) is 26.8 Å². The van der Waals surface area contributed by atoms with Gasteiger partial charge in [0.2, 0.25) is 0 Å². The highest BCUT2D eigenvalue weighted by molar-refractivity contribution is 7.54. The molecule has 0 heterocycles. The molecule has 0 aromatic heterocycles. The van der Waals surface area contributed by atoms with Crippen LogP contribution in [-0.2, 0) is 9.36 Å². The van der Waals surface area contributed by atoms with Crippen molar-refractivity contribution in [3.05, 3.63) is 0 Å². The first-order valence-corrected chi connectivity index (χ1v) is 6.52. The van der Waals surface area contributed by atoms with Gasteiger partial charge in [0.1, 0.15) is 0 Å². The minimum absolute atomic E-state index is 0.0132. The van der Waals surface area contributed by atoms with Crippen molar-refractivity contribution in [2.24, 2.45) is 16.5 Å². The highest BCUT2D eigenvalue weighted by Gasteiger charge is 2.51. The van der Waals surface area contributed by atoms with E-state index in [1.165, 1.54) is 6.92 Å². The molecule has 0 fully saturated rings. The van der Waals surface area contributed by atoms with E-state index in [9.17, 15) is 19.1 Å². The first-order chi connectivity index (χ1) is 7.21. The predicted molar refractivity (Wildman–Crippen MR) is 60.8 cm³/mol. The van der Waals surface area contributed by atoms with Crippen LogP contribution in [0.3, 0.4) is 0 Å². The zero-order valence-electron chi connectivity index (χ0n) is 9.38. The van der Waals surface area contributed by atoms with Gasteiger partial charge in [-0.25, -0.2) is 0 Å². The van der Waals surface area contributed by atoms with Crippen molar-refractivity contribution < 1.29 is 19.1 Å². The average Bonchev–Trinajstić information content (AvgIpc) is 2.10. The van der Waals surface area contributed by atoms with E-state index >= 15 is 0 Å². The number of nitrogens with two attached hydrogens (primary N) is 2. The summed E-state index contributed by atoms with van der Waals surface area (Å²) in [4.78, 5) is 33.5. The maximum Gasteiger partial charge on any atom is 0.341 e. The Bertz CT molecular complexity index is 334. The lowest BCUT2D eigenvalue weighted by Gasteiger charge is -2.29. The van der Waals surface area contributed by atoms with E-state index in [4.69, 9.17) is 11.5 Å². The van der Waals surface area contributed by atoms with E-state index in [2.05, 4.69) is 4.99 Å². The van der Waals surface area contributed by atoms with Crippen molar-refractivity contribution >= 4 is 19.5 Å². The number of carbonyl (C=O) groups excluding carboxylic acids is 1. The van der Waals surface area contributed by atoms with Crippen LogP contribution in [0.4, 0.5) is 0 Å². The van der Waals surface area contributed by atoms with Crippen molar-refractivity contribution in [3.63, 3.8) is 0 Å². The lowest BCUT2D eigenvalue weighted by atomic mass is 9.99. The summed E-state index contributed by atoms with van der Waals surface area (Å²) in [5.41, 5.74) is 10.1. The first-order valence-electron chi connectivity index (χ1n) is 4.91. The summed E-state index contributed by atoms with van der Waals surface area (Å²) in [5, 5.41) is -1.80. The maximum atomic E-state index is 11.7. The number of amides is 1. The highest BCUT2D eigenvalue weighted by atomic mass is 31.2. The molecule has 8 heteroatoms. The fraction of sp³-hybridized carbons (Fsp3) is 0.750. The molecule has 0 rings (SSSR count). The number of carbonyl (C=O) groups is 1. The molecule has 16 heavy (non-hydrogen) atoms. The molecule has 94 valence electrons. The largest absolute Gasteiger partial charge is 0.370 e.